The quantitative estimate of drug-likeness (QED) is 0.724. The van der Waals surface area contributed by atoms with Gasteiger partial charge in [0, 0.05) is 36.7 Å². The summed E-state index contributed by atoms with van der Waals surface area (Å²) < 4.78 is 11.0. The van der Waals surface area contributed by atoms with E-state index in [4.69, 9.17) is 9.47 Å². The van der Waals surface area contributed by atoms with Crippen LogP contribution in [-0.4, -0.2) is 54.9 Å². The Hall–Kier alpha value is -2.57. The van der Waals surface area contributed by atoms with E-state index in [9.17, 15) is 15.0 Å². The zero-order valence-electron chi connectivity index (χ0n) is 19.1. The number of amides is 1. The number of hydrogen-bond acceptors (Lipinski definition) is 5. The van der Waals surface area contributed by atoms with Gasteiger partial charge in [0.1, 0.15) is 11.5 Å². The molecule has 6 heteroatoms. The Labute approximate surface area is 189 Å². The highest BCUT2D eigenvalue weighted by molar-refractivity contribution is 5.80. The lowest BCUT2D eigenvalue weighted by molar-refractivity contribution is -0.130. The fourth-order valence-electron chi connectivity index (χ4n) is 5.70. The fraction of sp³-hybridized carbons (Fsp3) is 0.500. The average Bonchev–Trinajstić information content (AvgIpc) is 3.30. The molecule has 1 amide bonds. The molecule has 4 unspecified atom stereocenters. The molecule has 1 saturated carbocycles. The van der Waals surface area contributed by atoms with Gasteiger partial charge in [0.25, 0.3) is 0 Å². The van der Waals surface area contributed by atoms with E-state index in [1.54, 1.807) is 14.2 Å². The van der Waals surface area contributed by atoms with E-state index >= 15 is 0 Å². The number of methoxy groups -OCH3 is 2. The molecule has 2 aromatic carbocycles. The Morgan fingerprint density at radius 3 is 2.31 bits per heavy atom. The second-order valence-electron chi connectivity index (χ2n) is 9.44. The maximum absolute atomic E-state index is 13.3. The third kappa shape index (κ3) is 3.76. The molecule has 0 spiro atoms. The zero-order chi connectivity index (χ0) is 22.9. The Morgan fingerprint density at radius 1 is 1.00 bits per heavy atom. The molecule has 1 aliphatic carbocycles. The molecule has 2 N–H and O–H groups in total. The topological polar surface area (TPSA) is 79.2 Å². The molecular weight excluding hydrogens is 406 g/mol. The number of nitrogens with zero attached hydrogens (tertiary/aromatic N) is 1. The first-order chi connectivity index (χ1) is 15.4. The van der Waals surface area contributed by atoms with E-state index in [2.05, 4.69) is 6.92 Å². The summed E-state index contributed by atoms with van der Waals surface area (Å²) in [6.07, 6.45) is 1.43. The summed E-state index contributed by atoms with van der Waals surface area (Å²) in [5.41, 5.74) is 0.139. The van der Waals surface area contributed by atoms with Crippen LogP contribution in [0.4, 0.5) is 0 Å². The number of carbonyl (C=O) groups excluding carboxylic acids is 1. The van der Waals surface area contributed by atoms with Gasteiger partial charge in [0.15, 0.2) is 0 Å². The monoisotopic (exact) mass is 439 g/mol. The van der Waals surface area contributed by atoms with Gasteiger partial charge in [-0.2, -0.15) is 0 Å². The smallest absolute Gasteiger partial charge is 0.227 e. The van der Waals surface area contributed by atoms with E-state index in [0.717, 1.165) is 11.1 Å². The molecule has 32 heavy (non-hydrogen) atoms. The standard InChI is InChI=1S/C26H33NO5/c1-25(17-28)12-13-26(30,19-9-5-7-11-23(19)32-3)21-16-27(15-20(21)25)24(29)14-18-8-4-6-10-22(18)31-2/h4-11,20-21,28,30H,12-17H2,1-3H3. The second kappa shape index (κ2) is 8.75. The molecule has 2 aromatic rings. The van der Waals surface area contributed by atoms with Crippen LogP contribution in [0.1, 0.15) is 30.9 Å². The molecule has 1 aliphatic heterocycles. The van der Waals surface area contributed by atoms with Crippen molar-refractivity contribution in [2.45, 2.75) is 31.8 Å². The Bertz CT molecular complexity index is 978. The highest BCUT2D eigenvalue weighted by Gasteiger charge is 2.58. The number of rotatable bonds is 6. The number of fused-ring (bicyclic) bond motifs is 1. The first-order valence-electron chi connectivity index (χ1n) is 11.2. The van der Waals surface area contributed by atoms with Crippen LogP contribution in [0.15, 0.2) is 48.5 Å². The summed E-state index contributed by atoms with van der Waals surface area (Å²) in [5, 5.41) is 22.2. The first kappa shape index (κ1) is 22.6. The molecule has 1 saturated heterocycles. The number of para-hydroxylation sites is 2. The van der Waals surface area contributed by atoms with Crippen LogP contribution in [0, 0.1) is 17.3 Å². The largest absolute Gasteiger partial charge is 0.496 e. The molecule has 2 fully saturated rings. The van der Waals surface area contributed by atoms with E-state index in [1.165, 1.54) is 0 Å². The van der Waals surface area contributed by atoms with E-state index < -0.39 is 5.60 Å². The minimum absolute atomic E-state index is 0.00608. The summed E-state index contributed by atoms with van der Waals surface area (Å²) >= 11 is 0. The lowest BCUT2D eigenvalue weighted by Gasteiger charge is -2.50. The number of carbonyl (C=O) groups is 1. The molecule has 4 atom stereocenters. The van der Waals surface area contributed by atoms with Crippen LogP contribution in [0.2, 0.25) is 0 Å². The van der Waals surface area contributed by atoms with Gasteiger partial charge in [-0.25, -0.2) is 0 Å². The Balaban J connectivity index is 1.65. The van der Waals surface area contributed by atoms with Gasteiger partial charge in [-0.05, 0) is 36.3 Å². The fourth-order valence-corrected chi connectivity index (χ4v) is 5.70. The second-order valence-corrected chi connectivity index (χ2v) is 9.44. The van der Waals surface area contributed by atoms with Crippen LogP contribution in [-0.2, 0) is 16.8 Å². The van der Waals surface area contributed by atoms with Crippen molar-refractivity contribution in [3.05, 3.63) is 59.7 Å². The lowest BCUT2D eigenvalue weighted by atomic mass is 9.57. The van der Waals surface area contributed by atoms with E-state index in [0.29, 0.717) is 37.4 Å². The molecule has 1 heterocycles. The molecule has 0 bridgehead atoms. The summed E-state index contributed by atoms with van der Waals surface area (Å²) in [6, 6.07) is 15.1. The van der Waals surface area contributed by atoms with Crippen LogP contribution in [0.3, 0.4) is 0 Å². The highest BCUT2D eigenvalue weighted by Crippen LogP contribution is 2.56. The van der Waals surface area contributed by atoms with Gasteiger partial charge < -0.3 is 24.6 Å². The number of hydrogen-bond donors (Lipinski definition) is 2. The highest BCUT2D eigenvalue weighted by atomic mass is 16.5. The van der Waals surface area contributed by atoms with Crippen molar-refractivity contribution in [2.75, 3.05) is 33.9 Å². The Morgan fingerprint density at radius 2 is 1.62 bits per heavy atom. The maximum atomic E-state index is 13.3. The van der Waals surface area contributed by atoms with Crippen molar-refractivity contribution >= 4 is 5.91 Å². The summed E-state index contributed by atoms with van der Waals surface area (Å²) in [7, 11) is 3.21. The number of likely N-dealkylation sites (tertiary alicyclic amines) is 1. The number of benzene rings is 2. The van der Waals surface area contributed by atoms with Gasteiger partial charge in [-0.1, -0.05) is 43.3 Å². The molecule has 2 aliphatic rings. The van der Waals surface area contributed by atoms with Crippen LogP contribution in [0.5, 0.6) is 11.5 Å². The zero-order valence-corrected chi connectivity index (χ0v) is 19.1. The Kier molecular flexibility index (Phi) is 6.19. The normalized spacial score (nSPS) is 29.5. The van der Waals surface area contributed by atoms with Gasteiger partial charge in [-0.15, -0.1) is 0 Å². The van der Waals surface area contributed by atoms with Gasteiger partial charge in [0.05, 0.1) is 26.2 Å². The van der Waals surface area contributed by atoms with Crippen molar-refractivity contribution in [3.63, 3.8) is 0 Å². The average molecular weight is 440 g/mol. The minimum Gasteiger partial charge on any atom is -0.496 e. The summed E-state index contributed by atoms with van der Waals surface area (Å²) in [5.74, 6) is 1.15. The van der Waals surface area contributed by atoms with Crippen molar-refractivity contribution in [3.8, 4) is 11.5 Å². The van der Waals surface area contributed by atoms with Crippen LogP contribution >= 0.6 is 0 Å². The predicted molar refractivity (Wildman–Crippen MR) is 122 cm³/mol. The van der Waals surface area contributed by atoms with Gasteiger partial charge in [-0.3, -0.25) is 4.79 Å². The number of ether oxygens (including phenoxy) is 2. The SMILES string of the molecule is COc1ccccc1CC(=O)N1CC2C(C1)C(O)(c1ccccc1OC)CCC2(C)CO. The van der Waals surface area contributed by atoms with E-state index in [1.807, 2.05) is 53.4 Å². The van der Waals surface area contributed by atoms with Crippen molar-refractivity contribution in [1.29, 1.82) is 0 Å². The van der Waals surface area contributed by atoms with Crippen LogP contribution < -0.4 is 9.47 Å². The third-order valence-corrected chi connectivity index (χ3v) is 7.73. The molecule has 0 aromatic heterocycles. The molecule has 4 rings (SSSR count). The number of aliphatic hydroxyl groups excluding tert-OH is 1. The van der Waals surface area contributed by atoms with Crippen molar-refractivity contribution < 1.29 is 24.5 Å². The van der Waals surface area contributed by atoms with Gasteiger partial charge in [0.2, 0.25) is 5.91 Å². The predicted octanol–water partition coefficient (Wildman–Crippen LogP) is 3.00. The maximum Gasteiger partial charge on any atom is 0.227 e. The molecule has 0 radical (unpaired) electrons. The third-order valence-electron chi connectivity index (χ3n) is 7.73. The van der Waals surface area contributed by atoms with Crippen molar-refractivity contribution in [1.82, 2.24) is 4.90 Å². The molecular formula is C26H33NO5. The lowest BCUT2D eigenvalue weighted by Crippen LogP contribution is -2.51. The van der Waals surface area contributed by atoms with E-state index in [-0.39, 0.29) is 36.2 Å². The van der Waals surface area contributed by atoms with Crippen LogP contribution in [0.25, 0.3) is 0 Å². The molecule has 6 nitrogen and oxygen atoms in total. The summed E-state index contributed by atoms with van der Waals surface area (Å²) in [4.78, 5) is 15.1. The number of aliphatic hydroxyl groups is 2. The molecule has 172 valence electrons. The van der Waals surface area contributed by atoms with Gasteiger partial charge >= 0.3 is 0 Å². The summed E-state index contributed by atoms with van der Waals surface area (Å²) in [6.45, 7) is 3.07. The van der Waals surface area contributed by atoms with Crippen molar-refractivity contribution in [2.24, 2.45) is 17.3 Å². The first-order valence-corrected chi connectivity index (χ1v) is 11.2. The minimum atomic E-state index is -1.12.